The average molecular weight is 1140 g/mol. The molecule has 434 valence electrons. The van der Waals surface area contributed by atoms with Crippen LogP contribution in [0, 0.1) is 0 Å². The van der Waals surface area contributed by atoms with Gasteiger partial charge in [0.05, 0.1) is 6.54 Å². The van der Waals surface area contributed by atoms with Crippen molar-refractivity contribution >= 4 is 84.1 Å². The van der Waals surface area contributed by atoms with Gasteiger partial charge in [-0.2, -0.15) is 0 Å². The molecule has 0 saturated carbocycles. The molecule has 2 aromatic rings. The van der Waals surface area contributed by atoms with E-state index in [4.69, 9.17) is 47.8 Å². The van der Waals surface area contributed by atoms with Crippen LogP contribution in [0.15, 0.2) is 65.8 Å². The quantitative estimate of drug-likeness (QED) is 0.0147. The van der Waals surface area contributed by atoms with E-state index in [0.717, 1.165) is 24.2 Å². The number of nitrogens with one attached hydrogen (secondary N) is 2. The molecule has 22 heteroatoms. The van der Waals surface area contributed by atoms with Gasteiger partial charge in [-0.1, -0.05) is 118 Å². The zero-order valence-corrected chi connectivity index (χ0v) is 51.3. The van der Waals surface area contributed by atoms with Crippen molar-refractivity contribution in [3.8, 4) is 0 Å². The summed E-state index contributed by atoms with van der Waals surface area (Å²) in [6.45, 7) is 25.2. The lowest BCUT2D eigenvalue weighted by Crippen LogP contribution is -2.63. The van der Waals surface area contributed by atoms with E-state index < -0.39 is 82.0 Å². The Bertz CT molecular complexity index is 2290. The molecular weight excluding hydrogens is 1050 g/mol. The van der Waals surface area contributed by atoms with Gasteiger partial charge in [0.15, 0.2) is 37.0 Å². The molecule has 0 spiro atoms. The number of amides is 2. The van der Waals surface area contributed by atoms with Crippen LogP contribution in [0.5, 0.6) is 0 Å². The Labute approximate surface area is 475 Å². The van der Waals surface area contributed by atoms with Crippen molar-refractivity contribution in [1.29, 1.82) is 0 Å². The summed E-state index contributed by atoms with van der Waals surface area (Å²) in [4.78, 5) is 80.8. The number of thiocarbonyl (C=S) groups is 2. The van der Waals surface area contributed by atoms with Gasteiger partial charge in [0, 0.05) is 47.4 Å². The molecule has 1 fully saturated rings. The number of ether oxygens (including phenoxy) is 4. The third-order valence-electron chi connectivity index (χ3n) is 15.0. The molecule has 1 saturated heterocycles. The van der Waals surface area contributed by atoms with Crippen molar-refractivity contribution in [2.45, 2.75) is 207 Å². The largest absolute Gasteiger partial charge is 0.461 e. The van der Waals surface area contributed by atoms with E-state index in [1.54, 1.807) is 9.80 Å². The first kappa shape index (κ1) is 66.9. The first-order valence-corrected chi connectivity index (χ1v) is 31.4. The van der Waals surface area contributed by atoms with Crippen molar-refractivity contribution in [2.24, 2.45) is 5.11 Å². The summed E-state index contributed by atoms with van der Waals surface area (Å²) in [6.07, 6.45) is -0.760. The summed E-state index contributed by atoms with van der Waals surface area (Å²) in [5.41, 5.74) is 11.5. The third kappa shape index (κ3) is 19.5. The predicted molar refractivity (Wildman–Crippen MR) is 316 cm³/mol. The third-order valence-corrected chi connectivity index (χ3v) is 20.1. The first-order chi connectivity index (χ1) is 37.0. The number of carbonyl (C=O) groups excluding carboxylic acids is 5. The molecule has 1 aliphatic rings. The minimum Gasteiger partial charge on any atom is -0.461 e. The fourth-order valence-corrected chi connectivity index (χ4v) is 11.1. The second-order valence-corrected chi connectivity index (χ2v) is 26.6. The summed E-state index contributed by atoms with van der Waals surface area (Å²) >= 11 is 11.8. The molecule has 0 unspecified atom stereocenters. The Morgan fingerprint density at radius 2 is 1.04 bits per heavy atom. The van der Waals surface area contributed by atoms with Gasteiger partial charge >= 0.3 is 17.9 Å². The molecule has 1 aliphatic heterocycles. The molecule has 0 aromatic heterocycles. The number of hydrogen-bond acceptors (Lipinski definition) is 13. The zero-order chi connectivity index (χ0) is 58.3. The predicted octanol–water partition coefficient (Wildman–Crippen LogP) is 10.6. The van der Waals surface area contributed by atoms with Crippen molar-refractivity contribution in [3.05, 3.63) is 71.1 Å². The average Bonchev–Trinajstić information content (AvgIpc) is 3.42. The van der Waals surface area contributed by atoms with E-state index in [1.165, 1.54) is 11.8 Å². The molecule has 1 heterocycles. The van der Waals surface area contributed by atoms with Crippen molar-refractivity contribution in [2.75, 3.05) is 43.4 Å². The van der Waals surface area contributed by atoms with Crippen LogP contribution in [0.1, 0.15) is 134 Å². The number of rotatable bonds is 29. The Hall–Kier alpha value is -5.38. The molecule has 0 bridgehead atoms. The molecule has 3 rings (SSSR count). The Morgan fingerprint density at radius 3 is 1.45 bits per heavy atom. The highest BCUT2D eigenvalue weighted by Crippen LogP contribution is 2.40. The van der Waals surface area contributed by atoms with Gasteiger partial charge in [-0.05, 0) is 124 Å². The highest BCUT2D eigenvalue weighted by molar-refractivity contribution is 7.80. The van der Waals surface area contributed by atoms with Crippen LogP contribution in [0.4, 0.5) is 11.4 Å². The van der Waals surface area contributed by atoms with E-state index in [9.17, 15) is 29.5 Å². The van der Waals surface area contributed by atoms with Crippen LogP contribution >= 0.6 is 24.4 Å². The number of nitrogens with zero attached hydrogens (tertiary/aromatic N) is 7. The van der Waals surface area contributed by atoms with E-state index in [-0.39, 0.29) is 53.8 Å². The SMILES string of the molecule is CCC(CC)N(CC(=O)OC[C@H]1O[C@@H](O[Si](C)(C)C(C)(C)C)[C@H](N=[N+]=[N-])[C@@H](OC(=O)CN(C(=S)Nc2ccccc2)C(CC)CC)[C@H]1OC(C)=O)C(=O)CN(C(=O)CN(C(=S)Nc1ccccc1)C(CC)CC)C(CC)CC. The standard InChI is InChI=1S/C56H89N9O10S2Si/c1-15-41(16-2)62(47(68)34-64(43(19-5)20-6)54(76)58-39-29-25-23-26-30-39)33-46(67)63(42(17-3)18-4)35-48(69)71-37-45-51(72-38(9)66)52(50(60-61-57)53(73-45)75-78(13,14)56(10,11)12)74-49(70)36-65(44(21-7)22-8)55(77)59-40-31-27-24-28-32-40/h23-32,41-45,50-53H,15-22,33-37H2,1-14H3,(H,58,76)(H,59,77)/t45-,50-,51+,52-,53+/m1/s1. The fourth-order valence-electron chi connectivity index (χ4n) is 9.33. The zero-order valence-electron chi connectivity index (χ0n) is 48.7. The lowest BCUT2D eigenvalue weighted by molar-refractivity contribution is -0.256. The lowest BCUT2D eigenvalue weighted by Gasteiger charge is -2.47. The van der Waals surface area contributed by atoms with E-state index >= 15 is 0 Å². The molecule has 0 aliphatic carbocycles. The lowest BCUT2D eigenvalue weighted by atomic mass is 9.97. The van der Waals surface area contributed by atoms with Crippen LogP contribution < -0.4 is 10.6 Å². The number of hydrogen-bond donors (Lipinski definition) is 2. The van der Waals surface area contributed by atoms with Gasteiger partial charge in [0.25, 0.3) is 0 Å². The molecule has 78 heavy (non-hydrogen) atoms. The Morgan fingerprint density at radius 1 is 0.641 bits per heavy atom. The van der Waals surface area contributed by atoms with Crippen molar-refractivity contribution < 1.29 is 47.3 Å². The smallest absolute Gasteiger partial charge is 0.326 e. The molecule has 0 radical (unpaired) electrons. The number of azide groups is 1. The van der Waals surface area contributed by atoms with E-state index in [1.807, 2.05) is 155 Å². The minimum atomic E-state index is -2.78. The molecule has 2 N–H and O–H groups in total. The molecule has 2 amide bonds. The second kappa shape index (κ2) is 32.6. The highest BCUT2D eigenvalue weighted by Gasteiger charge is 2.53. The summed E-state index contributed by atoms with van der Waals surface area (Å²) in [5.74, 6) is -3.10. The normalized spacial score (nSPS) is 17.4. The minimum absolute atomic E-state index is 0.0567. The van der Waals surface area contributed by atoms with E-state index in [2.05, 4.69) is 20.7 Å². The van der Waals surface area contributed by atoms with Gasteiger partial charge in [-0.25, -0.2) is 0 Å². The van der Waals surface area contributed by atoms with Gasteiger partial charge in [-0.3, -0.25) is 24.0 Å². The van der Waals surface area contributed by atoms with Crippen molar-refractivity contribution in [3.63, 3.8) is 0 Å². The molecule has 5 atom stereocenters. The van der Waals surface area contributed by atoms with Gasteiger partial charge in [0.1, 0.15) is 38.4 Å². The Kier molecular flexibility index (Phi) is 28.0. The van der Waals surface area contributed by atoms with Gasteiger partial charge < -0.3 is 53.6 Å². The topological polar surface area (TPSA) is 217 Å². The summed E-state index contributed by atoms with van der Waals surface area (Å²) < 4.78 is 31.4. The molecule has 19 nitrogen and oxygen atoms in total. The second-order valence-electron chi connectivity index (χ2n) is 21.1. The van der Waals surface area contributed by atoms with Crippen LogP contribution in [0.25, 0.3) is 10.4 Å². The molecular formula is C56H89N9O10S2Si. The van der Waals surface area contributed by atoms with Crippen LogP contribution in [-0.2, 0) is 47.3 Å². The Balaban J connectivity index is 2.02. The number of esters is 3. The van der Waals surface area contributed by atoms with Gasteiger partial charge in [0.2, 0.25) is 11.8 Å². The maximum Gasteiger partial charge on any atom is 0.326 e. The van der Waals surface area contributed by atoms with Crippen LogP contribution in [-0.4, -0.2) is 155 Å². The highest BCUT2D eigenvalue weighted by atomic mass is 32.1. The monoisotopic (exact) mass is 1140 g/mol. The maximum absolute atomic E-state index is 14.7. The van der Waals surface area contributed by atoms with E-state index in [0.29, 0.717) is 43.6 Å². The number of benzene rings is 2. The maximum atomic E-state index is 14.7. The number of carbonyl (C=O) groups is 5. The number of para-hydroxylation sites is 2. The fraction of sp³-hybridized carbons (Fsp3) is 0.661. The first-order valence-electron chi connectivity index (χ1n) is 27.7. The van der Waals surface area contributed by atoms with Crippen LogP contribution in [0.2, 0.25) is 18.1 Å². The summed E-state index contributed by atoms with van der Waals surface area (Å²) in [6, 6.07) is 16.5. The van der Waals surface area contributed by atoms with Crippen LogP contribution in [0.3, 0.4) is 0 Å². The number of anilines is 2. The van der Waals surface area contributed by atoms with Crippen molar-refractivity contribution in [1.82, 2.24) is 19.6 Å². The van der Waals surface area contributed by atoms with Gasteiger partial charge in [-0.15, -0.1) is 0 Å². The molecule has 2 aromatic carbocycles. The summed E-state index contributed by atoms with van der Waals surface area (Å²) in [5, 5.41) is 10.8. The summed E-state index contributed by atoms with van der Waals surface area (Å²) in [7, 11) is -2.78.